The van der Waals surface area contributed by atoms with Gasteiger partial charge in [0, 0.05) is 13.0 Å². The number of rotatable bonds is 17. The van der Waals surface area contributed by atoms with Gasteiger partial charge in [0.2, 0.25) is 0 Å². The number of aliphatic carboxylic acids is 1. The molecule has 0 bridgehead atoms. The standard InChI is InChI=1S/C11H24O.C10H20O2/c1-2-3-4-5-6-7-8-9-10-11-12;1-2-3-4-5-6-7-8-9-10(11)12/h12H,2-11H2,1H3;2-9H2,1H3,(H,11,12). The number of hydrogen-bond donors (Lipinski definition) is 2. The minimum Gasteiger partial charge on any atom is -0.481 e. The average molecular weight is 345 g/mol. The van der Waals surface area contributed by atoms with Crippen LogP contribution < -0.4 is 0 Å². The van der Waals surface area contributed by atoms with Crippen LogP contribution in [0.3, 0.4) is 0 Å². The highest BCUT2D eigenvalue weighted by Crippen LogP contribution is 2.09. The maximum Gasteiger partial charge on any atom is 0.303 e. The summed E-state index contributed by atoms with van der Waals surface area (Å²) in [5, 5.41) is 16.9. The summed E-state index contributed by atoms with van der Waals surface area (Å²) in [4.78, 5) is 10.1. The van der Waals surface area contributed by atoms with Crippen molar-refractivity contribution in [3.05, 3.63) is 0 Å². The first kappa shape index (κ1) is 25.7. The lowest BCUT2D eigenvalue weighted by atomic mass is 10.1. The van der Waals surface area contributed by atoms with Crippen molar-refractivity contribution < 1.29 is 15.0 Å². The third-order valence-electron chi connectivity index (χ3n) is 4.26. The second kappa shape index (κ2) is 24.7. The van der Waals surface area contributed by atoms with E-state index in [2.05, 4.69) is 13.8 Å². The molecular weight excluding hydrogens is 300 g/mol. The average Bonchev–Trinajstić information content (AvgIpc) is 2.57. The fourth-order valence-corrected chi connectivity index (χ4v) is 2.66. The van der Waals surface area contributed by atoms with Crippen LogP contribution in [0.4, 0.5) is 0 Å². The zero-order chi connectivity index (χ0) is 18.3. The number of carbonyl (C=O) groups is 1. The van der Waals surface area contributed by atoms with Crippen molar-refractivity contribution in [2.45, 2.75) is 123 Å². The summed E-state index contributed by atoms with van der Waals surface area (Å²) < 4.78 is 0. The largest absolute Gasteiger partial charge is 0.481 e. The second-order valence-electron chi connectivity index (χ2n) is 6.82. The Morgan fingerprint density at radius 2 is 0.917 bits per heavy atom. The number of aliphatic hydroxyl groups excluding tert-OH is 1. The van der Waals surface area contributed by atoms with E-state index in [0.717, 1.165) is 19.3 Å². The molecule has 0 aromatic rings. The Morgan fingerprint density at radius 1 is 0.583 bits per heavy atom. The Bertz CT molecular complexity index is 219. The summed E-state index contributed by atoms with van der Waals surface area (Å²) in [7, 11) is 0. The molecule has 0 spiro atoms. The normalized spacial score (nSPS) is 10.3. The molecule has 0 heterocycles. The van der Waals surface area contributed by atoms with Gasteiger partial charge in [0.25, 0.3) is 0 Å². The van der Waals surface area contributed by atoms with E-state index < -0.39 is 5.97 Å². The predicted octanol–water partition coefficient (Wildman–Crippen LogP) is 6.72. The number of aliphatic hydroxyl groups is 1. The molecule has 0 rings (SSSR count). The lowest BCUT2D eigenvalue weighted by molar-refractivity contribution is -0.137. The van der Waals surface area contributed by atoms with Gasteiger partial charge in [0.1, 0.15) is 0 Å². The van der Waals surface area contributed by atoms with Gasteiger partial charge in [-0.3, -0.25) is 4.79 Å². The van der Waals surface area contributed by atoms with Crippen molar-refractivity contribution in [3.63, 3.8) is 0 Å². The van der Waals surface area contributed by atoms with Crippen LogP contribution in [0.25, 0.3) is 0 Å². The molecule has 2 N–H and O–H groups in total. The lowest BCUT2D eigenvalue weighted by Gasteiger charge is -1.99. The Kier molecular flexibility index (Phi) is 26.4. The third kappa shape index (κ3) is 29.4. The molecule has 146 valence electrons. The van der Waals surface area contributed by atoms with Gasteiger partial charge >= 0.3 is 5.97 Å². The fraction of sp³-hybridized carbons (Fsp3) is 0.952. The molecule has 0 fully saturated rings. The third-order valence-corrected chi connectivity index (χ3v) is 4.26. The molecule has 0 atom stereocenters. The van der Waals surface area contributed by atoms with Gasteiger partial charge in [-0.05, 0) is 12.8 Å². The van der Waals surface area contributed by atoms with E-state index >= 15 is 0 Å². The molecule has 24 heavy (non-hydrogen) atoms. The number of unbranched alkanes of at least 4 members (excludes halogenated alkanes) is 14. The first-order valence-electron chi connectivity index (χ1n) is 10.5. The van der Waals surface area contributed by atoms with Crippen molar-refractivity contribution in [3.8, 4) is 0 Å². The van der Waals surface area contributed by atoms with Gasteiger partial charge < -0.3 is 10.2 Å². The topological polar surface area (TPSA) is 57.5 Å². The van der Waals surface area contributed by atoms with Gasteiger partial charge in [0.15, 0.2) is 0 Å². The van der Waals surface area contributed by atoms with Gasteiger partial charge in [-0.25, -0.2) is 0 Å². The molecule has 0 saturated heterocycles. The minimum absolute atomic E-state index is 0.341. The Morgan fingerprint density at radius 3 is 1.25 bits per heavy atom. The van der Waals surface area contributed by atoms with E-state index in [9.17, 15) is 4.79 Å². The first-order valence-corrected chi connectivity index (χ1v) is 10.5. The van der Waals surface area contributed by atoms with Crippen molar-refractivity contribution in [1.29, 1.82) is 0 Å². The maximum absolute atomic E-state index is 10.1. The fourth-order valence-electron chi connectivity index (χ4n) is 2.66. The zero-order valence-corrected chi connectivity index (χ0v) is 16.5. The van der Waals surface area contributed by atoms with Crippen molar-refractivity contribution in [2.24, 2.45) is 0 Å². The van der Waals surface area contributed by atoms with E-state index in [0.29, 0.717) is 13.0 Å². The maximum atomic E-state index is 10.1. The van der Waals surface area contributed by atoms with Gasteiger partial charge in [-0.1, -0.05) is 104 Å². The highest BCUT2D eigenvalue weighted by Gasteiger charge is 1.95. The van der Waals surface area contributed by atoms with E-state index in [1.165, 1.54) is 83.5 Å². The Labute approximate surface area is 151 Å². The van der Waals surface area contributed by atoms with Crippen LogP contribution in [-0.4, -0.2) is 22.8 Å². The molecule has 0 unspecified atom stereocenters. The van der Waals surface area contributed by atoms with Crippen LogP contribution in [0.5, 0.6) is 0 Å². The SMILES string of the molecule is CCCCCCCCCC(=O)O.CCCCCCCCCCCO. The van der Waals surface area contributed by atoms with E-state index in [-0.39, 0.29) is 0 Å². The van der Waals surface area contributed by atoms with E-state index in [1.54, 1.807) is 0 Å². The summed E-state index contributed by atoms with van der Waals surface area (Å²) in [5.74, 6) is -0.663. The molecule has 0 aliphatic heterocycles. The summed E-state index contributed by atoms with van der Waals surface area (Å²) >= 11 is 0. The van der Waals surface area contributed by atoms with Gasteiger partial charge in [-0.2, -0.15) is 0 Å². The van der Waals surface area contributed by atoms with E-state index in [1.807, 2.05) is 0 Å². The molecule has 3 nitrogen and oxygen atoms in total. The van der Waals surface area contributed by atoms with Crippen LogP contribution in [0, 0.1) is 0 Å². The number of hydrogen-bond acceptors (Lipinski definition) is 2. The Hall–Kier alpha value is -0.570. The summed E-state index contributed by atoms with van der Waals surface area (Å²) in [6.45, 7) is 4.82. The zero-order valence-electron chi connectivity index (χ0n) is 16.5. The predicted molar refractivity (Wildman–Crippen MR) is 105 cm³/mol. The monoisotopic (exact) mass is 344 g/mol. The van der Waals surface area contributed by atoms with Crippen LogP contribution >= 0.6 is 0 Å². The lowest BCUT2D eigenvalue weighted by Crippen LogP contribution is -1.93. The summed E-state index contributed by atoms with van der Waals surface area (Å²) in [6.07, 6.45) is 20.5. The van der Waals surface area contributed by atoms with Crippen LogP contribution in [-0.2, 0) is 4.79 Å². The molecule has 0 aliphatic rings. The summed E-state index contributed by atoms with van der Waals surface area (Å²) in [5.41, 5.74) is 0. The van der Waals surface area contributed by atoms with Crippen LogP contribution in [0.2, 0.25) is 0 Å². The summed E-state index contributed by atoms with van der Waals surface area (Å²) in [6, 6.07) is 0. The first-order chi connectivity index (χ1) is 11.7. The highest BCUT2D eigenvalue weighted by atomic mass is 16.4. The molecule has 0 aromatic heterocycles. The quantitative estimate of drug-likeness (QED) is 0.288. The molecule has 0 saturated carbocycles. The van der Waals surface area contributed by atoms with Crippen LogP contribution in [0.1, 0.15) is 123 Å². The number of carboxylic acid groups (broad SMARTS) is 1. The molecule has 0 aliphatic carbocycles. The van der Waals surface area contributed by atoms with Gasteiger partial charge in [0.05, 0.1) is 0 Å². The van der Waals surface area contributed by atoms with E-state index in [4.69, 9.17) is 10.2 Å². The second-order valence-corrected chi connectivity index (χ2v) is 6.82. The molecule has 0 radical (unpaired) electrons. The van der Waals surface area contributed by atoms with Gasteiger partial charge in [-0.15, -0.1) is 0 Å². The molecular formula is C21H44O3. The minimum atomic E-state index is -0.663. The van der Waals surface area contributed by atoms with Crippen LogP contribution in [0.15, 0.2) is 0 Å². The van der Waals surface area contributed by atoms with Crippen molar-refractivity contribution in [2.75, 3.05) is 6.61 Å². The smallest absolute Gasteiger partial charge is 0.303 e. The number of carboxylic acids is 1. The Balaban J connectivity index is 0. The highest BCUT2D eigenvalue weighted by molar-refractivity contribution is 5.66. The molecule has 3 heteroatoms. The van der Waals surface area contributed by atoms with Crippen molar-refractivity contribution >= 4 is 5.97 Å². The molecule has 0 aromatic carbocycles. The van der Waals surface area contributed by atoms with Crippen molar-refractivity contribution in [1.82, 2.24) is 0 Å². The molecule has 0 amide bonds.